The molecule has 2 aliphatic rings. The third-order valence-electron chi connectivity index (χ3n) is 7.12. The van der Waals surface area contributed by atoms with Crippen molar-refractivity contribution in [3.05, 3.63) is 54.2 Å². The molecule has 2 aliphatic heterocycles. The number of aromatic nitrogens is 4. The molecule has 4 aromatic rings. The maximum Gasteiger partial charge on any atom is 0.266 e. The summed E-state index contributed by atoms with van der Waals surface area (Å²) in [5.74, 6) is 3.00. The smallest absolute Gasteiger partial charge is 0.266 e. The van der Waals surface area contributed by atoms with E-state index in [9.17, 15) is 10.1 Å². The number of carbonyl (C=O) groups excluding carboxylic acids is 1. The minimum Gasteiger partial charge on any atom is -0.459 e. The Morgan fingerprint density at radius 1 is 1.05 bits per heavy atom. The number of nitrogens with zero attached hydrogens (tertiary/aromatic N) is 6. The molecular formula is C27H27N7O3. The number of amides is 1. The molecule has 0 saturated carbocycles. The van der Waals surface area contributed by atoms with Crippen LogP contribution in [0, 0.1) is 17.2 Å². The fraction of sp³-hybridized carbons (Fsp3) is 0.370. The summed E-state index contributed by atoms with van der Waals surface area (Å²) in [6, 6.07) is 13.4. The number of carbonyl (C=O) groups is 1. The van der Waals surface area contributed by atoms with Crippen molar-refractivity contribution in [2.45, 2.75) is 45.1 Å². The number of oxazole rings is 1. The number of nitriles is 1. The molecule has 1 fully saturated rings. The summed E-state index contributed by atoms with van der Waals surface area (Å²) in [6.45, 7) is 2.13. The van der Waals surface area contributed by atoms with E-state index in [4.69, 9.17) is 8.83 Å². The van der Waals surface area contributed by atoms with Gasteiger partial charge in [-0.1, -0.05) is 6.42 Å². The fourth-order valence-electron chi connectivity index (χ4n) is 5.10. The Morgan fingerprint density at radius 2 is 1.89 bits per heavy atom. The van der Waals surface area contributed by atoms with E-state index in [0.717, 1.165) is 48.7 Å². The van der Waals surface area contributed by atoms with E-state index in [1.165, 1.54) is 12.7 Å². The minimum absolute atomic E-state index is 0.00176. The van der Waals surface area contributed by atoms with Gasteiger partial charge in [0.1, 0.15) is 11.9 Å². The second-order valence-electron chi connectivity index (χ2n) is 9.49. The van der Waals surface area contributed by atoms with E-state index in [0.29, 0.717) is 37.6 Å². The summed E-state index contributed by atoms with van der Waals surface area (Å²) in [5, 5.41) is 21.4. The van der Waals surface area contributed by atoms with Crippen LogP contribution in [0.2, 0.25) is 0 Å². The number of hydrogen-bond donors (Lipinski definition) is 1. The Kier molecular flexibility index (Phi) is 6.18. The largest absolute Gasteiger partial charge is 0.459 e. The lowest BCUT2D eigenvalue weighted by atomic mass is 9.95. The maximum absolute atomic E-state index is 13.0. The van der Waals surface area contributed by atoms with Crippen LogP contribution in [0.15, 0.2) is 51.5 Å². The highest BCUT2D eigenvalue weighted by Crippen LogP contribution is 2.32. The molecule has 1 aromatic carbocycles. The van der Waals surface area contributed by atoms with Gasteiger partial charge in [0.25, 0.3) is 5.89 Å². The highest BCUT2D eigenvalue weighted by molar-refractivity contribution is 5.93. The van der Waals surface area contributed by atoms with Crippen LogP contribution in [-0.4, -0.2) is 38.7 Å². The Labute approximate surface area is 213 Å². The van der Waals surface area contributed by atoms with Crippen molar-refractivity contribution in [1.29, 1.82) is 5.26 Å². The summed E-state index contributed by atoms with van der Waals surface area (Å²) in [7, 11) is 0. The van der Waals surface area contributed by atoms with Crippen LogP contribution in [0.4, 0.5) is 11.6 Å². The molecule has 0 atom stereocenters. The lowest BCUT2D eigenvalue weighted by Crippen LogP contribution is -2.38. The van der Waals surface area contributed by atoms with E-state index in [-0.39, 0.29) is 23.4 Å². The minimum atomic E-state index is -0.124. The standard InChI is InChI=1S/C27H27N7O3/c28-17-21-27(37-26(30-21)22-5-4-16-36-22)33-14-11-19(12-15-33)25(35)29-20-9-7-18(8-10-20)24-32-31-23-6-2-1-3-13-34(23)24/h4-5,7-10,16,19H,1-3,6,11-15H2,(H,29,35). The van der Waals surface area contributed by atoms with Crippen molar-refractivity contribution in [3.63, 3.8) is 0 Å². The van der Waals surface area contributed by atoms with Gasteiger partial charge in [-0.25, -0.2) is 0 Å². The predicted octanol–water partition coefficient (Wildman–Crippen LogP) is 4.65. The van der Waals surface area contributed by atoms with E-state index in [2.05, 4.69) is 31.1 Å². The van der Waals surface area contributed by atoms with Crippen molar-refractivity contribution < 1.29 is 13.6 Å². The third-order valence-corrected chi connectivity index (χ3v) is 7.12. The average molecular weight is 498 g/mol. The molecule has 10 nitrogen and oxygen atoms in total. The maximum atomic E-state index is 13.0. The molecule has 0 bridgehead atoms. The Morgan fingerprint density at radius 3 is 2.65 bits per heavy atom. The van der Waals surface area contributed by atoms with Crippen molar-refractivity contribution in [1.82, 2.24) is 19.7 Å². The van der Waals surface area contributed by atoms with Crippen LogP contribution in [0.5, 0.6) is 0 Å². The Balaban J connectivity index is 1.08. The van der Waals surface area contributed by atoms with Gasteiger partial charge in [-0.15, -0.1) is 10.2 Å². The van der Waals surface area contributed by atoms with Gasteiger partial charge in [0.2, 0.25) is 17.5 Å². The second kappa shape index (κ2) is 9.93. The zero-order chi connectivity index (χ0) is 25.2. The number of piperidine rings is 1. The van der Waals surface area contributed by atoms with Gasteiger partial charge < -0.3 is 23.6 Å². The van der Waals surface area contributed by atoms with Gasteiger partial charge in [-0.2, -0.15) is 10.2 Å². The molecule has 188 valence electrons. The Bertz CT molecular complexity index is 1420. The lowest BCUT2D eigenvalue weighted by molar-refractivity contribution is -0.120. The summed E-state index contributed by atoms with van der Waals surface area (Å²) in [6.07, 6.45) is 7.33. The number of hydrogen-bond acceptors (Lipinski definition) is 8. The van der Waals surface area contributed by atoms with E-state index < -0.39 is 0 Å². The highest BCUT2D eigenvalue weighted by Gasteiger charge is 2.29. The molecule has 5 heterocycles. The first-order chi connectivity index (χ1) is 18.2. The molecule has 0 radical (unpaired) electrons. The molecule has 0 spiro atoms. The van der Waals surface area contributed by atoms with Gasteiger partial charge in [0, 0.05) is 43.2 Å². The van der Waals surface area contributed by atoms with Crippen LogP contribution in [0.3, 0.4) is 0 Å². The van der Waals surface area contributed by atoms with Crippen molar-refractivity contribution in [2.75, 3.05) is 23.3 Å². The zero-order valence-electron chi connectivity index (χ0n) is 20.4. The first-order valence-electron chi connectivity index (χ1n) is 12.7. The van der Waals surface area contributed by atoms with E-state index in [1.807, 2.05) is 29.2 Å². The van der Waals surface area contributed by atoms with E-state index in [1.54, 1.807) is 12.1 Å². The number of nitrogens with one attached hydrogen (secondary N) is 1. The first kappa shape index (κ1) is 23.0. The molecule has 1 amide bonds. The summed E-state index contributed by atoms with van der Waals surface area (Å²) < 4.78 is 13.4. The summed E-state index contributed by atoms with van der Waals surface area (Å²) >= 11 is 0. The topological polar surface area (TPSA) is 126 Å². The SMILES string of the molecule is N#Cc1nc(-c2ccco2)oc1N1CCC(C(=O)Nc2ccc(-c3nnc4n3CCCCC4)cc2)CC1. The van der Waals surface area contributed by atoms with Gasteiger partial charge in [-0.3, -0.25) is 4.79 Å². The van der Waals surface area contributed by atoms with Crippen molar-refractivity contribution in [3.8, 4) is 29.1 Å². The van der Waals surface area contributed by atoms with Crippen LogP contribution < -0.4 is 10.2 Å². The zero-order valence-corrected chi connectivity index (χ0v) is 20.4. The Hall–Kier alpha value is -4.39. The molecular weight excluding hydrogens is 470 g/mol. The quantitative estimate of drug-likeness (QED) is 0.422. The number of fused-ring (bicyclic) bond motifs is 1. The molecule has 0 unspecified atom stereocenters. The lowest BCUT2D eigenvalue weighted by Gasteiger charge is -2.30. The molecule has 1 saturated heterocycles. The van der Waals surface area contributed by atoms with Gasteiger partial charge in [0.15, 0.2) is 11.6 Å². The van der Waals surface area contributed by atoms with E-state index >= 15 is 0 Å². The molecule has 6 rings (SSSR count). The number of anilines is 2. The van der Waals surface area contributed by atoms with Gasteiger partial charge in [0.05, 0.1) is 6.26 Å². The molecule has 10 heteroatoms. The van der Waals surface area contributed by atoms with Crippen LogP contribution in [-0.2, 0) is 17.8 Å². The number of aryl methyl sites for hydroxylation is 1. The molecule has 0 aliphatic carbocycles. The molecule has 1 N–H and O–H groups in total. The number of rotatable bonds is 5. The highest BCUT2D eigenvalue weighted by atomic mass is 16.4. The molecule has 3 aromatic heterocycles. The second-order valence-corrected chi connectivity index (χ2v) is 9.49. The third kappa shape index (κ3) is 4.60. The first-order valence-corrected chi connectivity index (χ1v) is 12.7. The van der Waals surface area contributed by atoms with Crippen molar-refractivity contribution >= 4 is 17.5 Å². The van der Waals surface area contributed by atoms with Crippen LogP contribution in [0.1, 0.15) is 43.6 Å². The number of benzene rings is 1. The normalized spacial score (nSPS) is 16.1. The van der Waals surface area contributed by atoms with Crippen LogP contribution >= 0.6 is 0 Å². The molecule has 37 heavy (non-hydrogen) atoms. The summed E-state index contributed by atoms with van der Waals surface area (Å²) in [5.41, 5.74) is 1.98. The average Bonchev–Trinajstić information content (AvgIpc) is 3.67. The predicted molar refractivity (Wildman–Crippen MR) is 135 cm³/mol. The summed E-state index contributed by atoms with van der Waals surface area (Å²) in [4.78, 5) is 19.2. The van der Waals surface area contributed by atoms with Crippen molar-refractivity contribution in [2.24, 2.45) is 5.92 Å². The van der Waals surface area contributed by atoms with Gasteiger partial charge in [-0.05, 0) is 62.1 Å². The van der Waals surface area contributed by atoms with Gasteiger partial charge >= 0.3 is 0 Å². The van der Waals surface area contributed by atoms with Crippen LogP contribution in [0.25, 0.3) is 23.0 Å². The number of furan rings is 1. The monoisotopic (exact) mass is 497 g/mol. The fourth-order valence-corrected chi connectivity index (χ4v) is 5.10.